The molecule has 1 aromatic heterocycles. The molecule has 2 unspecified atom stereocenters. The van der Waals surface area contributed by atoms with Gasteiger partial charge in [0.1, 0.15) is 11.0 Å². The fourth-order valence-corrected chi connectivity index (χ4v) is 7.95. The molecule has 0 aliphatic carbocycles. The molecule has 3 amide bonds. The van der Waals surface area contributed by atoms with Gasteiger partial charge in [0.15, 0.2) is 6.61 Å². The van der Waals surface area contributed by atoms with Gasteiger partial charge in [0.2, 0.25) is 11.8 Å². The van der Waals surface area contributed by atoms with Crippen LogP contribution < -0.4 is 19.8 Å². The lowest BCUT2D eigenvalue weighted by molar-refractivity contribution is -0.384. The highest BCUT2D eigenvalue weighted by atomic mass is 35.5. The number of fused-ring (bicyclic) bond motifs is 2. The quantitative estimate of drug-likeness (QED) is 0.161. The number of aryl methyl sites for hydroxylation is 1. The number of nitro groups is 1. The van der Waals surface area contributed by atoms with Crippen LogP contribution in [0.4, 0.5) is 17.1 Å². The fraction of sp³-hybridized carbons (Fsp3) is 0.172. The van der Waals surface area contributed by atoms with Crippen LogP contribution in [0.15, 0.2) is 76.6 Å². The smallest absolute Gasteiger partial charge is 0.305 e. The van der Waals surface area contributed by atoms with Gasteiger partial charge >= 0.3 is 4.87 Å². The molecule has 1 fully saturated rings. The van der Waals surface area contributed by atoms with Gasteiger partial charge in [-0.15, -0.1) is 0 Å². The SMILES string of the molecule is Cc1ccccc1NC(=O)COc1ccc(Cl)cc1[C@H]1c2sc(=O)[nH]c2SC2C(=O)N(c3ccc([N+](=O)[O-])cc3)C(=O)C21. The van der Waals surface area contributed by atoms with Gasteiger partial charge in [0.25, 0.3) is 11.6 Å². The average molecular weight is 637 g/mol. The number of para-hydroxylation sites is 1. The fourth-order valence-electron chi connectivity index (χ4n) is 5.27. The highest BCUT2D eigenvalue weighted by molar-refractivity contribution is 8.00. The monoisotopic (exact) mass is 636 g/mol. The topological polar surface area (TPSA) is 152 Å². The normalized spacial score (nSPS) is 19.1. The number of aromatic nitrogens is 1. The third-order valence-electron chi connectivity index (χ3n) is 7.23. The van der Waals surface area contributed by atoms with Gasteiger partial charge in [0, 0.05) is 39.2 Å². The average Bonchev–Trinajstić information content (AvgIpc) is 3.47. The van der Waals surface area contributed by atoms with Crippen molar-refractivity contribution in [2.75, 3.05) is 16.8 Å². The lowest BCUT2D eigenvalue weighted by atomic mass is 9.82. The molecule has 11 nitrogen and oxygen atoms in total. The first-order chi connectivity index (χ1) is 20.6. The van der Waals surface area contributed by atoms with E-state index in [1.807, 2.05) is 19.1 Å². The summed E-state index contributed by atoms with van der Waals surface area (Å²) >= 11 is 8.42. The number of rotatable bonds is 7. The van der Waals surface area contributed by atoms with E-state index in [-0.39, 0.29) is 28.6 Å². The number of aromatic amines is 1. The summed E-state index contributed by atoms with van der Waals surface area (Å²) in [7, 11) is 0. The number of thiazole rings is 1. The van der Waals surface area contributed by atoms with Crippen molar-refractivity contribution in [3.8, 4) is 5.75 Å². The van der Waals surface area contributed by atoms with Gasteiger partial charge in [-0.25, -0.2) is 4.90 Å². The number of hydrogen-bond acceptors (Lipinski definition) is 9. The van der Waals surface area contributed by atoms with Crippen LogP contribution in [-0.4, -0.2) is 39.5 Å². The Kier molecular flexibility index (Phi) is 7.54. The molecule has 0 radical (unpaired) electrons. The summed E-state index contributed by atoms with van der Waals surface area (Å²) in [4.78, 5) is 67.5. The van der Waals surface area contributed by atoms with Gasteiger partial charge < -0.3 is 15.0 Å². The Bertz CT molecular complexity index is 1860. The number of H-pyrrole nitrogens is 1. The summed E-state index contributed by atoms with van der Waals surface area (Å²) in [5, 5.41) is 13.8. The predicted molar refractivity (Wildman–Crippen MR) is 162 cm³/mol. The largest absolute Gasteiger partial charge is 0.483 e. The molecule has 3 heterocycles. The molecule has 3 atom stereocenters. The number of nitrogens with zero attached hydrogens (tertiary/aromatic N) is 2. The van der Waals surface area contributed by atoms with Crippen molar-refractivity contribution in [1.82, 2.24) is 4.98 Å². The Balaban J connectivity index is 1.36. The van der Waals surface area contributed by atoms with E-state index >= 15 is 0 Å². The van der Waals surface area contributed by atoms with Crippen molar-refractivity contribution in [3.63, 3.8) is 0 Å². The molecule has 43 heavy (non-hydrogen) atoms. The van der Waals surface area contributed by atoms with E-state index < -0.39 is 39.7 Å². The molecular weight excluding hydrogens is 616 g/mol. The Morgan fingerprint density at radius 1 is 1.09 bits per heavy atom. The first-order valence-electron chi connectivity index (χ1n) is 12.9. The van der Waals surface area contributed by atoms with E-state index in [1.165, 1.54) is 24.3 Å². The zero-order chi connectivity index (χ0) is 30.4. The summed E-state index contributed by atoms with van der Waals surface area (Å²) in [6.45, 7) is 1.52. The molecule has 3 aromatic carbocycles. The van der Waals surface area contributed by atoms with Crippen molar-refractivity contribution < 1.29 is 24.0 Å². The summed E-state index contributed by atoms with van der Waals surface area (Å²) in [5.41, 5.74) is 1.98. The second kappa shape index (κ2) is 11.3. The molecule has 2 N–H and O–H groups in total. The number of carbonyl (C=O) groups is 3. The molecule has 1 saturated heterocycles. The number of imide groups is 1. The number of carbonyl (C=O) groups excluding carboxylic acids is 3. The van der Waals surface area contributed by atoms with Gasteiger partial charge in [-0.1, -0.05) is 52.9 Å². The Morgan fingerprint density at radius 2 is 1.84 bits per heavy atom. The van der Waals surface area contributed by atoms with Crippen LogP contribution in [0.2, 0.25) is 5.02 Å². The predicted octanol–water partition coefficient (Wildman–Crippen LogP) is 5.12. The standard InChI is InChI=1S/C29H21ClN4O7S2/c1-14-4-2-3-5-19(14)31-21(35)13-41-20-11-6-15(30)12-18(20)22-23-25(42-26-24(22)43-29(38)32-26)28(37)33(27(23)36)16-7-9-17(10-8-16)34(39)40/h2-12,22-23,25H,13H2,1H3,(H,31,35)(H,32,38)/t22-,23?,25?/m1/s1. The van der Waals surface area contributed by atoms with Crippen LogP contribution in [-0.2, 0) is 14.4 Å². The highest BCUT2D eigenvalue weighted by Crippen LogP contribution is 2.54. The first kappa shape index (κ1) is 28.6. The number of hydrogen-bond donors (Lipinski definition) is 2. The van der Waals surface area contributed by atoms with Crippen LogP contribution in [0.1, 0.15) is 21.9 Å². The lowest BCUT2D eigenvalue weighted by Gasteiger charge is -2.31. The second-order valence-corrected chi connectivity index (χ2v) is 12.5. The van der Waals surface area contributed by atoms with E-state index in [9.17, 15) is 29.3 Å². The molecule has 0 saturated carbocycles. The second-order valence-electron chi connectivity index (χ2n) is 9.87. The lowest BCUT2D eigenvalue weighted by Crippen LogP contribution is -2.32. The van der Waals surface area contributed by atoms with Crippen molar-refractivity contribution in [2.45, 2.75) is 23.1 Å². The maximum absolute atomic E-state index is 14.0. The number of ether oxygens (including phenoxy) is 1. The van der Waals surface area contributed by atoms with Crippen LogP contribution in [0, 0.1) is 23.0 Å². The minimum absolute atomic E-state index is 0.181. The molecule has 2 aliphatic heterocycles. The number of halogens is 1. The van der Waals surface area contributed by atoms with Gasteiger partial charge in [-0.2, -0.15) is 0 Å². The van der Waals surface area contributed by atoms with Crippen LogP contribution in [0.25, 0.3) is 0 Å². The number of nitro benzene ring substituents is 1. The molecule has 14 heteroatoms. The number of non-ortho nitro benzene ring substituents is 1. The molecule has 0 spiro atoms. The summed E-state index contributed by atoms with van der Waals surface area (Å²) in [5.74, 6) is -2.95. The van der Waals surface area contributed by atoms with Gasteiger partial charge in [0.05, 0.1) is 21.6 Å². The number of anilines is 2. The zero-order valence-electron chi connectivity index (χ0n) is 22.2. The highest BCUT2D eigenvalue weighted by Gasteiger charge is 2.57. The summed E-state index contributed by atoms with van der Waals surface area (Å²) in [6, 6.07) is 17.2. The first-order valence-corrected chi connectivity index (χ1v) is 15.0. The van der Waals surface area contributed by atoms with Crippen LogP contribution in [0.3, 0.4) is 0 Å². The maximum Gasteiger partial charge on any atom is 0.305 e. The van der Waals surface area contributed by atoms with E-state index in [0.717, 1.165) is 33.6 Å². The summed E-state index contributed by atoms with van der Waals surface area (Å²) < 4.78 is 5.96. The number of benzene rings is 3. The van der Waals surface area contributed by atoms with Crippen LogP contribution >= 0.6 is 34.7 Å². The Morgan fingerprint density at radius 3 is 2.56 bits per heavy atom. The van der Waals surface area contributed by atoms with E-state index in [0.29, 0.717) is 26.2 Å². The van der Waals surface area contributed by atoms with Crippen molar-refractivity contribution in [1.29, 1.82) is 0 Å². The molecule has 218 valence electrons. The van der Waals surface area contributed by atoms with Crippen molar-refractivity contribution in [2.24, 2.45) is 5.92 Å². The molecule has 6 rings (SSSR count). The van der Waals surface area contributed by atoms with E-state index in [2.05, 4.69) is 10.3 Å². The number of amides is 3. The minimum atomic E-state index is -0.951. The van der Waals surface area contributed by atoms with E-state index in [4.69, 9.17) is 16.3 Å². The Labute approximate surface area is 257 Å². The van der Waals surface area contributed by atoms with Gasteiger partial charge in [-0.05, 0) is 48.9 Å². The third kappa shape index (κ3) is 5.31. The van der Waals surface area contributed by atoms with E-state index in [1.54, 1.807) is 30.3 Å². The molecule has 0 bridgehead atoms. The van der Waals surface area contributed by atoms with Crippen LogP contribution in [0.5, 0.6) is 5.75 Å². The molecule has 2 aliphatic rings. The zero-order valence-corrected chi connectivity index (χ0v) is 24.6. The third-order valence-corrected chi connectivity index (χ3v) is 9.86. The number of thioether (sulfide) groups is 1. The molecule has 4 aromatic rings. The van der Waals surface area contributed by atoms with Crippen molar-refractivity contribution in [3.05, 3.63) is 108 Å². The molecular formula is C29H21ClN4O7S2. The van der Waals surface area contributed by atoms with Crippen molar-refractivity contribution >= 4 is 69.5 Å². The van der Waals surface area contributed by atoms with Gasteiger partial charge in [-0.3, -0.25) is 29.3 Å². The summed E-state index contributed by atoms with van der Waals surface area (Å²) in [6.07, 6.45) is 0. The Hall–Kier alpha value is -4.46. The number of nitrogens with one attached hydrogen (secondary N) is 2. The maximum atomic E-state index is 14.0. The minimum Gasteiger partial charge on any atom is -0.483 e.